The van der Waals surface area contributed by atoms with Crippen LogP contribution in [0.25, 0.3) is 0 Å². The molecule has 0 radical (unpaired) electrons. The molecule has 0 aliphatic carbocycles. The first-order chi connectivity index (χ1) is 9.95. The Labute approximate surface area is 123 Å². The quantitative estimate of drug-likeness (QED) is 0.653. The van der Waals surface area contributed by atoms with Gasteiger partial charge in [0, 0.05) is 18.7 Å². The molecule has 0 aliphatic heterocycles. The second kappa shape index (κ2) is 8.24. The molecule has 0 fully saturated rings. The van der Waals surface area contributed by atoms with Crippen LogP contribution in [0.3, 0.4) is 0 Å². The molecule has 1 atom stereocenters. The fourth-order valence-electron chi connectivity index (χ4n) is 2.21. The highest BCUT2D eigenvalue weighted by Crippen LogP contribution is 2.20. The van der Waals surface area contributed by atoms with Crippen LogP contribution in [0, 0.1) is 11.7 Å². The standard InChI is InChI=1S/C15H21FN2O3/c1-2-10(6-7-13(19)20)8-9-18-12-5-3-4-11(16)14(12)15(17)21/h3-5,10,18H,2,6-9H2,1H3,(H2,17,21)(H,19,20). The highest BCUT2D eigenvalue weighted by molar-refractivity contribution is 5.98. The van der Waals surface area contributed by atoms with Crippen molar-refractivity contribution < 1.29 is 19.1 Å². The molecule has 0 saturated heterocycles. The second-order valence-corrected chi connectivity index (χ2v) is 4.95. The van der Waals surface area contributed by atoms with Gasteiger partial charge in [0.1, 0.15) is 5.82 Å². The number of carbonyl (C=O) groups is 2. The van der Waals surface area contributed by atoms with Crippen LogP contribution in [0.5, 0.6) is 0 Å². The van der Waals surface area contributed by atoms with Crippen LogP contribution in [0.1, 0.15) is 43.0 Å². The van der Waals surface area contributed by atoms with Gasteiger partial charge in [-0.1, -0.05) is 19.4 Å². The van der Waals surface area contributed by atoms with E-state index in [-0.39, 0.29) is 17.9 Å². The lowest BCUT2D eigenvalue weighted by Gasteiger charge is -2.16. The third-order valence-electron chi connectivity index (χ3n) is 3.47. The van der Waals surface area contributed by atoms with Gasteiger partial charge in [0.2, 0.25) is 0 Å². The van der Waals surface area contributed by atoms with Crippen LogP contribution >= 0.6 is 0 Å². The zero-order valence-electron chi connectivity index (χ0n) is 12.1. The maximum absolute atomic E-state index is 13.6. The molecule has 0 spiro atoms. The Morgan fingerprint density at radius 1 is 1.38 bits per heavy atom. The molecule has 1 aromatic rings. The number of hydrogen-bond donors (Lipinski definition) is 3. The average molecular weight is 296 g/mol. The molecule has 1 amide bonds. The van der Waals surface area contributed by atoms with E-state index in [1.165, 1.54) is 12.1 Å². The summed E-state index contributed by atoms with van der Waals surface area (Å²) in [5.41, 5.74) is 5.40. The fourth-order valence-corrected chi connectivity index (χ4v) is 2.21. The van der Waals surface area contributed by atoms with E-state index >= 15 is 0 Å². The Hall–Kier alpha value is -2.11. The van der Waals surface area contributed by atoms with Gasteiger partial charge >= 0.3 is 5.97 Å². The molecule has 21 heavy (non-hydrogen) atoms. The Balaban J connectivity index is 2.57. The molecule has 0 saturated carbocycles. The smallest absolute Gasteiger partial charge is 0.303 e. The maximum Gasteiger partial charge on any atom is 0.303 e. The van der Waals surface area contributed by atoms with E-state index in [0.29, 0.717) is 18.7 Å². The van der Waals surface area contributed by atoms with Crippen LogP contribution in [0.15, 0.2) is 18.2 Å². The van der Waals surface area contributed by atoms with Crippen molar-refractivity contribution in [3.8, 4) is 0 Å². The first-order valence-electron chi connectivity index (χ1n) is 6.99. The van der Waals surface area contributed by atoms with E-state index in [1.54, 1.807) is 6.07 Å². The Kier molecular flexibility index (Phi) is 6.65. The summed E-state index contributed by atoms with van der Waals surface area (Å²) in [6.45, 7) is 2.53. The van der Waals surface area contributed by atoms with E-state index in [9.17, 15) is 14.0 Å². The zero-order chi connectivity index (χ0) is 15.8. The molecule has 5 nitrogen and oxygen atoms in total. The molecule has 116 valence electrons. The van der Waals surface area contributed by atoms with Crippen molar-refractivity contribution in [2.45, 2.75) is 32.6 Å². The van der Waals surface area contributed by atoms with Gasteiger partial charge in [0.05, 0.1) is 5.56 Å². The highest BCUT2D eigenvalue weighted by Gasteiger charge is 2.14. The summed E-state index contributed by atoms with van der Waals surface area (Å²) in [5.74, 6) is -1.99. The normalized spacial score (nSPS) is 11.9. The lowest BCUT2D eigenvalue weighted by atomic mass is 9.96. The molecule has 1 aromatic carbocycles. The number of rotatable bonds is 9. The number of benzene rings is 1. The van der Waals surface area contributed by atoms with Crippen molar-refractivity contribution in [3.05, 3.63) is 29.6 Å². The Morgan fingerprint density at radius 2 is 2.10 bits per heavy atom. The average Bonchev–Trinajstić information content (AvgIpc) is 2.41. The summed E-state index contributed by atoms with van der Waals surface area (Å²) in [6.07, 6.45) is 2.38. The molecule has 0 aliphatic rings. The minimum atomic E-state index is -0.812. The van der Waals surface area contributed by atoms with Gasteiger partial charge in [-0.25, -0.2) is 4.39 Å². The van der Waals surface area contributed by atoms with Crippen LogP contribution in [-0.4, -0.2) is 23.5 Å². The minimum Gasteiger partial charge on any atom is -0.481 e. The molecule has 4 N–H and O–H groups in total. The summed E-state index contributed by atoms with van der Waals surface area (Å²) in [4.78, 5) is 21.8. The van der Waals surface area contributed by atoms with Gasteiger partial charge in [0.25, 0.3) is 5.91 Å². The van der Waals surface area contributed by atoms with Crippen molar-refractivity contribution in [2.24, 2.45) is 11.7 Å². The van der Waals surface area contributed by atoms with Crippen molar-refractivity contribution in [2.75, 3.05) is 11.9 Å². The van der Waals surface area contributed by atoms with E-state index in [1.807, 2.05) is 6.92 Å². The molecule has 0 bridgehead atoms. The van der Waals surface area contributed by atoms with Gasteiger partial charge in [-0.3, -0.25) is 9.59 Å². The summed E-state index contributed by atoms with van der Waals surface area (Å²) in [5, 5.41) is 11.7. The molecule has 0 aromatic heterocycles. The van der Waals surface area contributed by atoms with E-state index in [0.717, 1.165) is 12.8 Å². The first kappa shape index (κ1) is 16.9. The van der Waals surface area contributed by atoms with Gasteiger partial charge < -0.3 is 16.2 Å². The maximum atomic E-state index is 13.6. The molecular weight excluding hydrogens is 275 g/mol. The lowest BCUT2D eigenvalue weighted by molar-refractivity contribution is -0.137. The van der Waals surface area contributed by atoms with Crippen LogP contribution < -0.4 is 11.1 Å². The van der Waals surface area contributed by atoms with E-state index in [4.69, 9.17) is 10.8 Å². The monoisotopic (exact) mass is 296 g/mol. The lowest BCUT2D eigenvalue weighted by Crippen LogP contribution is -2.18. The van der Waals surface area contributed by atoms with E-state index in [2.05, 4.69) is 5.32 Å². The summed E-state index contributed by atoms with van der Waals surface area (Å²) >= 11 is 0. The third-order valence-corrected chi connectivity index (χ3v) is 3.47. The van der Waals surface area contributed by atoms with E-state index < -0.39 is 17.7 Å². The number of anilines is 1. The number of hydrogen-bond acceptors (Lipinski definition) is 3. The number of carboxylic acids is 1. The first-order valence-corrected chi connectivity index (χ1v) is 6.99. The topological polar surface area (TPSA) is 92.4 Å². The van der Waals surface area contributed by atoms with Crippen LogP contribution in [-0.2, 0) is 4.79 Å². The number of aliphatic carboxylic acids is 1. The number of nitrogens with two attached hydrogens (primary N) is 1. The minimum absolute atomic E-state index is 0.143. The number of carbonyl (C=O) groups excluding carboxylic acids is 1. The molecule has 0 heterocycles. The van der Waals surface area contributed by atoms with Gasteiger partial charge in [-0.15, -0.1) is 0 Å². The largest absolute Gasteiger partial charge is 0.481 e. The van der Waals surface area contributed by atoms with Crippen LogP contribution in [0.2, 0.25) is 0 Å². The van der Waals surface area contributed by atoms with Crippen molar-refractivity contribution in [3.63, 3.8) is 0 Å². The third kappa shape index (κ3) is 5.41. The summed E-state index contributed by atoms with van der Waals surface area (Å²) < 4.78 is 13.6. The number of amides is 1. The van der Waals surface area contributed by atoms with Crippen LogP contribution in [0.4, 0.5) is 10.1 Å². The number of carboxylic acid groups (broad SMARTS) is 1. The highest BCUT2D eigenvalue weighted by atomic mass is 19.1. The predicted molar refractivity (Wildman–Crippen MR) is 78.7 cm³/mol. The van der Waals surface area contributed by atoms with Gasteiger partial charge in [-0.2, -0.15) is 0 Å². The SMILES string of the molecule is CCC(CCNc1cccc(F)c1C(N)=O)CCC(=O)O. The zero-order valence-corrected chi connectivity index (χ0v) is 12.1. The number of primary amides is 1. The van der Waals surface area contributed by atoms with Gasteiger partial charge in [-0.05, 0) is 30.9 Å². The number of halogens is 1. The van der Waals surface area contributed by atoms with Crippen molar-refractivity contribution >= 4 is 17.6 Å². The Morgan fingerprint density at radius 3 is 2.67 bits per heavy atom. The Bertz CT molecular complexity index is 506. The van der Waals surface area contributed by atoms with Crippen molar-refractivity contribution in [1.82, 2.24) is 0 Å². The summed E-state index contributed by atoms with van der Waals surface area (Å²) in [7, 11) is 0. The predicted octanol–water partition coefficient (Wildman–Crippen LogP) is 2.62. The summed E-state index contributed by atoms with van der Waals surface area (Å²) in [6, 6.07) is 4.29. The van der Waals surface area contributed by atoms with Crippen molar-refractivity contribution in [1.29, 1.82) is 0 Å². The molecule has 6 heteroatoms. The fraction of sp³-hybridized carbons (Fsp3) is 0.467. The molecule has 1 unspecified atom stereocenters. The molecular formula is C15H21FN2O3. The number of nitrogens with one attached hydrogen (secondary N) is 1. The second-order valence-electron chi connectivity index (χ2n) is 4.95. The van der Waals surface area contributed by atoms with Gasteiger partial charge in [0.15, 0.2) is 0 Å². The molecule has 1 rings (SSSR count).